The summed E-state index contributed by atoms with van der Waals surface area (Å²) in [6.45, 7) is 1.95. The average molecular weight is 288 g/mol. The molecule has 1 heterocycles. The molecule has 4 nitrogen and oxygen atoms in total. The zero-order chi connectivity index (χ0) is 14.9. The van der Waals surface area contributed by atoms with Crippen LogP contribution in [0.2, 0.25) is 0 Å². The summed E-state index contributed by atoms with van der Waals surface area (Å²) >= 11 is 0. The molecule has 0 unspecified atom stereocenters. The Kier molecular flexibility index (Phi) is 3.65. The molecule has 0 bridgehead atoms. The summed E-state index contributed by atoms with van der Waals surface area (Å²) in [4.78, 5) is 0. The van der Waals surface area contributed by atoms with Crippen molar-refractivity contribution in [1.82, 2.24) is 14.8 Å². The Bertz CT molecular complexity index is 618. The second kappa shape index (κ2) is 5.10. The van der Waals surface area contributed by atoms with E-state index in [-0.39, 0.29) is 12.2 Å². The summed E-state index contributed by atoms with van der Waals surface area (Å²) in [5.41, 5.74) is -1.13. The number of anilines is 1. The monoisotopic (exact) mass is 288 g/mol. The van der Waals surface area contributed by atoms with Crippen molar-refractivity contribution < 1.29 is 17.6 Å². The Hall–Kier alpha value is -2.12. The lowest BCUT2D eigenvalue weighted by Crippen LogP contribution is -2.10. The lowest BCUT2D eigenvalue weighted by Gasteiger charge is -2.11. The fourth-order valence-electron chi connectivity index (χ4n) is 1.64. The van der Waals surface area contributed by atoms with E-state index in [9.17, 15) is 17.6 Å². The molecule has 0 aliphatic carbocycles. The van der Waals surface area contributed by atoms with Crippen LogP contribution >= 0.6 is 0 Å². The van der Waals surface area contributed by atoms with E-state index in [4.69, 9.17) is 0 Å². The summed E-state index contributed by atoms with van der Waals surface area (Å²) in [5, 5.41) is 10.5. The van der Waals surface area contributed by atoms with Gasteiger partial charge in [-0.25, -0.2) is 4.39 Å². The average Bonchev–Trinajstić information content (AvgIpc) is 2.68. The first-order chi connectivity index (χ1) is 9.29. The van der Waals surface area contributed by atoms with Crippen molar-refractivity contribution in [3.05, 3.63) is 41.2 Å². The summed E-state index contributed by atoms with van der Waals surface area (Å²) in [6, 6.07) is 2.76. The van der Waals surface area contributed by atoms with E-state index >= 15 is 0 Å². The SMILES string of the molecule is Cc1nnc(CNc2ccc(F)c(C(F)(F)F)c2)n1C. The minimum absolute atomic E-state index is 0.166. The van der Waals surface area contributed by atoms with Gasteiger partial charge in [-0.3, -0.25) is 0 Å². The van der Waals surface area contributed by atoms with Crippen LogP contribution in [0.1, 0.15) is 17.2 Å². The first-order valence-electron chi connectivity index (χ1n) is 5.74. The molecular weight excluding hydrogens is 276 g/mol. The van der Waals surface area contributed by atoms with Crippen LogP contribution in [0.3, 0.4) is 0 Å². The molecule has 0 amide bonds. The number of aromatic nitrogens is 3. The van der Waals surface area contributed by atoms with Crippen LogP contribution in [-0.4, -0.2) is 14.8 Å². The number of nitrogens with one attached hydrogen (secondary N) is 1. The molecule has 108 valence electrons. The lowest BCUT2D eigenvalue weighted by atomic mass is 10.2. The highest BCUT2D eigenvalue weighted by Gasteiger charge is 2.34. The van der Waals surface area contributed by atoms with E-state index < -0.39 is 17.6 Å². The largest absolute Gasteiger partial charge is 0.419 e. The van der Waals surface area contributed by atoms with Gasteiger partial charge in [0.25, 0.3) is 0 Å². The van der Waals surface area contributed by atoms with Crippen molar-refractivity contribution in [3.63, 3.8) is 0 Å². The molecule has 0 aliphatic heterocycles. The smallest absolute Gasteiger partial charge is 0.378 e. The van der Waals surface area contributed by atoms with E-state index in [0.717, 1.165) is 12.1 Å². The molecule has 1 aromatic carbocycles. The number of halogens is 4. The highest BCUT2D eigenvalue weighted by atomic mass is 19.4. The Morgan fingerprint density at radius 3 is 2.50 bits per heavy atom. The van der Waals surface area contributed by atoms with E-state index in [0.29, 0.717) is 11.6 Å². The molecule has 0 fully saturated rings. The molecule has 1 N–H and O–H groups in total. The van der Waals surface area contributed by atoms with Crippen molar-refractivity contribution in [2.75, 3.05) is 5.32 Å². The number of nitrogens with zero attached hydrogens (tertiary/aromatic N) is 3. The first kappa shape index (κ1) is 14.3. The molecule has 0 spiro atoms. The predicted molar refractivity (Wildman–Crippen MR) is 64.5 cm³/mol. The van der Waals surface area contributed by atoms with Gasteiger partial charge in [0, 0.05) is 12.7 Å². The van der Waals surface area contributed by atoms with Crippen molar-refractivity contribution in [1.29, 1.82) is 0 Å². The van der Waals surface area contributed by atoms with Crippen molar-refractivity contribution in [2.24, 2.45) is 7.05 Å². The Morgan fingerprint density at radius 1 is 1.25 bits per heavy atom. The molecule has 20 heavy (non-hydrogen) atoms. The molecule has 0 saturated heterocycles. The standard InChI is InChI=1S/C12H12F4N4/c1-7-18-19-11(20(7)2)6-17-8-3-4-10(13)9(5-8)12(14,15)16/h3-5,17H,6H2,1-2H3. The Balaban J connectivity index is 2.17. The zero-order valence-corrected chi connectivity index (χ0v) is 10.8. The van der Waals surface area contributed by atoms with Crippen LogP contribution in [0.5, 0.6) is 0 Å². The van der Waals surface area contributed by atoms with E-state index in [2.05, 4.69) is 15.5 Å². The van der Waals surface area contributed by atoms with E-state index in [1.165, 1.54) is 6.07 Å². The van der Waals surface area contributed by atoms with Crippen molar-refractivity contribution in [3.8, 4) is 0 Å². The van der Waals surface area contributed by atoms with Gasteiger partial charge in [-0.1, -0.05) is 0 Å². The van der Waals surface area contributed by atoms with Crippen LogP contribution in [0.15, 0.2) is 18.2 Å². The molecule has 2 rings (SSSR count). The van der Waals surface area contributed by atoms with Gasteiger partial charge in [-0.2, -0.15) is 13.2 Å². The van der Waals surface area contributed by atoms with Gasteiger partial charge < -0.3 is 9.88 Å². The normalized spacial score (nSPS) is 11.7. The molecule has 1 aromatic heterocycles. The van der Waals surface area contributed by atoms with Crippen LogP contribution in [0, 0.1) is 12.7 Å². The fourth-order valence-corrected chi connectivity index (χ4v) is 1.64. The number of alkyl halides is 3. The van der Waals surface area contributed by atoms with Gasteiger partial charge in [-0.15, -0.1) is 10.2 Å². The molecule has 0 saturated carbocycles. The minimum Gasteiger partial charge on any atom is -0.378 e. The maximum absolute atomic E-state index is 13.1. The summed E-state index contributed by atoms with van der Waals surface area (Å²) in [6.07, 6.45) is -4.72. The van der Waals surface area contributed by atoms with Gasteiger partial charge in [-0.05, 0) is 25.1 Å². The van der Waals surface area contributed by atoms with Crippen LogP contribution in [0.25, 0.3) is 0 Å². The number of hydrogen-bond acceptors (Lipinski definition) is 3. The van der Waals surface area contributed by atoms with Crippen LogP contribution < -0.4 is 5.32 Å². The van der Waals surface area contributed by atoms with Crippen molar-refractivity contribution >= 4 is 5.69 Å². The molecule has 8 heteroatoms. The molecule has 0 atom stereocenters. The summed E-state index contributed by atoms with van der Waals surface area (Å²) < 4.78 is 52.5. The highest BCUT2D eigenvalue weighted by Crippen LogP contribution is 2.33. The van der Waals surface area contributed by atoms with Crippen LogP contribution in [-0.2, 0) is 19.8 Å². The maximum atomic E-state index is 13.1. The highest BCUT2D eigenvalue weighted by molar-refractivity contribution is 5.47. The molecule has 2 aromatic rings. The zero-order valence-electron chi connectivity index (χ0n) is 10.8. The minimum atomic E-state index is -4.72. The summed E-state index contributed by atoms with van der Waals surface area (Å²) in [5.74, 6) is -0.0326. The van der Waals surface area contributed by atoms with E-state index in [1.54, 1.807) is 18.5 Å². The second-order valence-electron chi connectivity index (χ2n) is 4.27. The number of rotatable bonds is 3. The third-order valence-corrected chi connectivity index (χ3v) is 2.91. The van der Waals surface area contributed by atoms with Crippen LogP contribution in [0.4, 0.5) is 23.2 Å². The lowest BCUT2D eigenvalue weighted by molar-refractivity contribution is -0.139. The van der Waals surface area contributed by atoms with Gasteiger partial charge in [0.2, 0.25) is 0 Å². The quantitative estimate of drug-likeness (QED) is 0.883. The van der Waals surface area contributed by atoms with Gasteiger partial charge in [0.1, 0.15) is 11.6 Å². The molecular formula is C12H12F4N4. The predicted octanol–water partition coefficient (Wildman–Crippen LogP) is 2.89. The van der Waals surface area contributed by atoms with Gasteiger partial charge in [0.05, 0.1) is 12.1 Å². The Labute approximate surface area is 112 Å². The summed E-state index contributed by atoms with van der Waals surface area (Å²) in [7, 11) is 1.75. The first-order valence-corrected chi connectivity index (χ1v) is 5.74. The number of benzene rings is 1. The van der Waals surface area contributed by atoms with E-state index in [1.807, 2.05) is 0 Å². The number of hydrogen-bond donors (Lipinski definition) is 1. The Morgan fingerprint density at radius 2 is 1.95 bits per heavy atom. The third-order valence-electron chi connectivity index (χ3n) is 2.91. The molecule has 0 aliphatic rings. The van der Waals surface area contributed by atoms with Crippen molar-refractivity contribution in [2.45, 2.75) is 19.6 Å². The molecule has 0 radical (unpaired) electrons. The fraction of sp³-hybridized carbons (Fsp3) is 0.333. The van der Waals surface area contributed by atoms with Gasteiger partial charge in [0.15, 0.2) is 5.82 Å². The van der Waals surface area contributed by atoms with Gasteiger partial charge >= 0.3 is 6.18 Å². The topological polar surface area (TPSA) is 42.7 Å². The number of aryl methyl sites for hydroxylation is 1. The third kappa shape index (κ3) is 2.89. The second-order valence-corrected chi connectivity index (χ2v) is 4.27. The maximum Gasteiger partial charge on any atom is 0.419 e.